The van der Waals surface area contributed by atoms with Crippen LogP contribution < -0.4 is 0 Å². The molecule has 4 nitrogen and oxygen atoms in total. The van der Waals surface area contributed by atoms with Crippen molar-refractivity contribution in [3.63, 3.8) is 0 Å². The molecular formula is C8H14O4Si. The highest BCUT2D eigenvalue weighted by atomic mass is 28.3. The fourth-order valence-corrected chi connectivity index (χ4v) is 1.05. The second kappa shape index (κ2) is 4.81. The summed E-state index contributed by atoms with van der Waals surface area (Å²) in [6, 6.07) is 0. The minimum absolute atomic E-state index is 0.412. The lowest BCUT2D eigenvalue weighted by molar-refractivity contribution is -0.137. The Hall–Kier alpha value is -1.10. The van der Waals surface area contributed by atoms with Gasteiger partial charge < -0.3 is 9.84 Å². The van der Waals surface area contributed by atoms with E-state index in [2.05, 4.69) is 19.6 Å². The number of hydrogen-bond donors (Lipinski definition) is 1. The quantitative estimate of drug-likeness (QED) is 0.420. The number of carboxylic acids is 1. The van der Waals surface area contributed by atoms with Gasteiger partial charge in [-0.2, -0.15) is 0 Å². The van der Waals surface area contributed by atoms with Crippen molar-refractivity contribution in [1.82, 2.24) is 0 Å². The van der Waals surface area contributed by atoms with Crippen LogP contribution in [0.3, 0.4) is 0 Å². The van der Waals surface area contributed by atoms with Gasteiger partial charge in [0.1, 0.15) is 0 Å². The lowest BCUT2D eigenvalue weighted by Crippen LogP contribution is -2.29. The smallest absolute Gasteiger partial charge is 0.330 e. The Morgan fingerprint density at radius 2 is 1.85 bits per heavy atom. The Morgan fingerprint density at radius 1 is 1.31 bits per heavy atom. The predicted octanol–water partition coefficient (Wildman–Crippen LogP) is 1.05. The third kappa shape index (κ3) is 8.81. The maximum atomic E-state index is 10.8. The van der Waals surface area contributed by atoms with Crippen LogP contribution in [0.5, 0.6) is 0 Å². The summed E-state index contributed by atoms with van der Waals surface area (Å²) >= 11 is 0. The summed E-state index contributed by atoms with van der Waals surface area (Å²) in [6.07, 6.45) is 2.10. The number of aliphatic carboxylic acids is 1. The van der Waals surface area contributed by atoms with Crippen LogP contribution in [-0.4, -0.2) is 31.3 Å². The van der Waals surface area contributed by atoms with Gasteiger partial charge in [0.15, 0.2) is 0 Å². The molecule has 5 heteroatoms. The highest BCUT2D eigenvalue weighted by molar-refractivity contribution is 6.76. The van der Waals surface area contributed by atoms with Gasteiger partial charge in [-0.3, -0.25) is 0 Å². The third-order valence-corrected chi connectivity index (χ3v) is 2.02. The van der Waals surface area contributed by atoms with Gasteiger partial charge in [-0.25, -0.2) is 9.59 Å². The molecular weight excluding hydrogens is 188 g/mol. The van der Waals surface area contributed by atoms with E-state index in [1.807, 2.05) is 0 Å². The Bertz CT molecular complexity index is 227. The van der Waals surface area contributed by atoms with E-state index in [4.69, 9.17) is 9.84 Å². The molecule has 0 aliphatic heterocycles. The van der Waals surface area contributed by atoms with Crippen LogP contribution in [0.1, 0.15) is 0 Å². The highest BCUT2D eigenvalue weighted by Gasteiger charge is 2.15. The second-order valence-electron chi connectivity index (χ2n) is 3.84. The molecule has 0 rings (SSSR count). The van der Waals surface area contributed by atoms with E-state index in [1.165, 1.54) is 0 Å². The van der Waals surface area contributed by atoms with Crippen LogP contribution in [0, 0.1) is 0 Å². The van der Waals surface area contributed by atoms with Crippen molar-refractivity contribution in [2.75, 3.05) is 6.23 Å². The number of carbonyl (C=O) groups is 2. The average molecular weight is 202 g/mol. The van der Waals surface area contributed by atoms with Crippen molar-refractivity contribution < 1.29 is 19.4 Å². The molecule has 0 aliphatic carbocycles. The van der Waals surface area contributed by atoms with E-state index in [0.29, 0.717) is 6.23 Å². The summed E-state index contributed by atoms with van der Waals surface area (Å²) in [7, 11) is -1.40. The van der Waals surface area contributed by atoms with Crippen molar-refractivity contribution >= 4 is 20.0 Å². The summed E-state index contributed by atoms with van der Waals surface area (Å²) in [5.41, 5.74) is 0. The molecule has 0 radical (unpaired) electrons. The summed E-state index contributed by atoms with van der Waals surface area (Å²) in [6.45, 7) is 6.17. The third-order valence-electron chi connectivity index (χ3n) is 1.01. The van der Waals surface area contributed by atoms with E-state index < -0.39 is 20.0 Å². The number of carbonyl (C=O) groups excluding carboxylic acids is 1. The van der Waals surface area contributed by atoms with Crippen LogP contribution >= 0.6 is 0 Å². The lowest BCUT2D eigenvalue weighted by atomic mass is 10.5. The Morgan fingerprint density at radius 3 is 2.23 bits per heavy atom. The molecule has 0 heterocycles. The van der Waals surface area contributed by atoms with Crippen molar-refractivity contribution in [3.8, 4) is 0 Å². The summed E-state index contributed by atoms with van der Waals surface area (Å²) in [5, 5.41) is 8.20. The molecule has 0 saturated carbocycles. The summed E-state index contributed by atoms with van der Waals surface area (Å²) < 4.78 is 4.83. The molecule has 0 spiro atoms. The molecule has 0 saturated heterocycles. The molecule has 0 atom stereocenters. The largest absolute Gasteiger partial charge is 0.478 e. The molecule has 13 heavy (non-hydrogen) atoms. The van der Waals surface area contributed by atoms with E-state index in [1.54, 1.807) is 0 Å². The van der Waals surface area contributed by atoms with Crippen molar-refractivity contribution in [1.29, 1.82) is 0 Å². The van der Waals surface area contributed by atoms with Crippen molar-refractivity contribution in [2.45, 2.75) is 19.6 Å². The van der Waals surface area contributed by atoms with Gasteiger partial charge in [0.25, 0.3) is 0 Å². The zero-order valence-electron chi connectivity index (χ0n) is 8.03. The number of carboxylic acid groups (broad SMARTS) is 1. The van der Waals surface area contributed by atoms with Gasteiger partial charge in [-0.05, 0) is 0 Å². The lowest BCUT2D eigenvalue weighted by Gasteiger charge is -2.14. The van der Waals surface area contributed by atoms with Gasteiger partial charge in [0, 0.05) is 12.2 Å². The maximum Gasteiger partial charge on any atom is 0.330 e. The fraction of sp³-hybridized carbons (Fsp3) is 0.500. The van der Waals surface area contributed by atoms with Crippen LogP contribution in [-0.2, 0) is 14.3 Å². The molecule has 0 bridgehead atoms. The van der Waals surface area contributed by atoms with Gasteiger partial charge >= 0.3 is 11.9 Å². The molecule has 1 N–H and O–H groups in total. The molecule has 0 unspecified atom stereocenters. The molecule has 74 valence electrons. The zero-order chi connectivity index (χ0) is 10.5. The molecule has 0 aromatic heterocycles. The van der Waals surface area contributed by atoms with E-state index >= 15 is 0 Å². The van der Waals surface area contributed by atoms with E-state index in [0.717, 1.165) is 12.2 Å². The first kappa shape index (κ1) is 11.9. The highest BCUT2D eigenvalue weighted by Crippen LogP contribution is 2.00. The topological polar surface area (TPSA) is 63.6 Å². The molecule has 0 aliphatic rings. The monoisotopic (exact) mass is 202 g/mol. The Balaban J connectivity index is 3.83. The van der Waals surface area contributed by atoms with Gasteiger partial charge in [-0.15, -0.1) is 0 Å². The number of ether oxygens (including phenoxy) is 1. The second-order valence-corrected chi connectivity index (χ2v) is 9.25. The minimum Gasteiger partial charge on any atom is -0.478 e. The van der Waals surface area contributed by atoms with Crippen LogP contribution in [0.2, 0.25) is 19.6 Å². The predicted molar refractivity (Wildman–Crippen MR) is 51.1 cm³/mol. The first-order valence-corrected chi connectivity index (χ1v) is 7.60. The number of esters is 1. The molecule has 0 aromatic rings. The molecule has 0 amide bonds. The van der Waals surface area contributed by atoms with Crippen molar-refractivity contribution in [2.24, 2.45) is 0 Å². The van der Waals surface area contributed by atoms with E-state index in [-0.39, 0.29) is 0 Å². The number of rotatable bonds is 4. The standard InChI is InChI=1S/C8H14O4Si/c1-13(2,3)6-12-8(11)5-4-7(9)10/h4-5H,6H2,1-3H3,(H,9,10). The Kier molecular flexibility index (Phi) is 4.40. The van der Waals surface area contributed by atoms with E-state index in [9.17, 15) is 9.59 Å². The molecule has 0 fully saturated rings. The van der Waals surface area contributed by atoms with Crippen LogP contribution in [0.25, 0.3) is 0 Å². The SMILES string of the molecule is C[Si](C)(C)COC(=O)C=CC(=O)O. The van der Waals surface area contributed by atoms with Crippen molar-refractivity contribution in [3.05, 3.63) is 12.2 Å². The summed E-state index contributed by atoms with van der Waals surface area (Å²) in [4.78, 5) is 20.9. The normalized spacial score (nSPS) is 11.6. The average Bonchev–Trinajstić information content (AvgIpc) is 1.95. The first-order chi connectivity index (χ1) is 5.81. The van der Waals surface area contributed by atoms with Gasteiger partial charge in [0.05, 0.1) is 14.3 Å². The van der Waals surface area contributed by atoms with Crippen LogP contribution in [0.15, 0.2) is 12.2 Å². The maximum absolute atomic E-state index is 10.8. The fourth-order valence-electron chi connectivity index (χ4n) is 0.475. The van der Waals surface area contributed by atoms with Gasteiger partial charge in [-0.1, -0.05) is 19.6 Å². The molecule has 0 aromatic carbocycles. The van der Waals surface area contributed by atoms with Gasteiger partial charge in [0.2, 0.25) is 0 Å². The Labute approximate surface area is 78.2 Å². The van der Waals surface area contributed by atoms with Crippen LogP contribution in [0.4, 0.5) is 0 Å². The zero-order valence-corrected chi connectivity index (χ0v) is 9.03. The number of hydrogen-bond acceptors (Lipinski definition) is 3. The first-order valence-electron chi connectivity index (χ1n) is 3.89. The summed E-state index contributed by atoms with van der Waals surface area (Å²) in [5.74, 6) is -1.74. The minimum atomic E-state index is -1.40.